The Bertz CT molecular complexity index is 412. The summed E-state index contributed by atoms with van der Waals surface area (Å²) < 4.78 is 5.71. The number of likely N-dealkylation sites (tertiary alicyclic amines) is 1. The number of nitrogens with zero attached hydrogens (tertiary/aromatic N) is 1. The third kappa shape index (κ3) is 4.25. The van der Waals surface area contributed by atoms with E-state index in [2.05, 4.69) is 16.7 Å². The molecular weight excluding hydrogens is 246 g/mol. The Kier molecular flexibility index (Phi) is 5.38. The Morgan fingerprint density at radius 3 is 2.56 bits per heavy atom. The summed E-state index contributed by atoms with van der Waals surface area (Å²) in [5, 5.41) is 0. The van der Waals surface area contributed by atoms with Gasteiger partial charge in [0.15, 0.2) is 0 Å². The summed E-state index contributed by atoms with van der Waals surface area (Å²) in [5.41, 5.74) is 0.975. The molecule has 2 rings (SSSR count). The molecule has 0 aromatic heterocycles. The lowest BCUT2D eigenvalue weighted by atomic mass is 10.2. The Hall–Kier alpha value is -1.17. The zero-order chi connectivity index (χ0) is 12.6. The van der Waals surface area contributed by atoms with Crippen LogP contribution < -0.4 is 4.74 Å². The van der Waals surface area contributed by atoms with Crippen molar-refractivity contribution in [2.45, 2.75) is 12.8 Å². The molecule has 18 heavy (non-hydrogen) atoms. The van der Waals surface area contributed by atoms with Gasteiger partial charge in [0.2, 0.25) is 0 Å². The van der Waals surface area contributed by atoms with E-state index in [9.17, 15) is 0 Å². The van der Waals surface area contributed by atoms with Crippen molar-refractivity contribution in [3.8, 4) is 17.6 Å². The summed E-state index contributed by atoms with van der Waals surface area (Å²) in [6.07, 6.45) is 2.65. The van der Waals surface area contributed by atoms with E-state index in [-0.39, 0.29) is 0 Å². The van der Waals surface area contributed by atoms with Crippen LogP contribution in [0.1, 0.15) is 18.4 Å². The van der Waals surface area contributed by atoms with Crippen LogP contribution in [0.2, 0.25) is 0 Å². The van der Waals surface area contributed by atoms with Crippen LogP contribution in [0.15, 0.2) is 24.3 Å². The average molecular weight is 264 g/mol. The minimum absolute atomic E-state index is 0.369. The Morgan fingerprint density at radius 1 is 1.17 bits per heavy atom. The van der Waals surface area contributed by atoms with Gasteiger partial charge in [0.1, 0.15) is 12.4 Å². The van der Waals surface area contributed by atoms with Gasteiger partial charge in [-0.3, -0.25) is 4.90 Å². The SMILES string of the molecule is ClCC#Cc1ccc(OCCN2CCCC2)cc1. The average Bonchev–Trinajstić information content (AvgIpc) is 2.91. The fourth-order valence-electron chi connectivity index (χ4n) is 2.07. The first-order valence-corrected chi connectivity index (χ1v) is 6.92. The molecule has 0 bridgehead atoms. The Balaban J connectivity index is 1.75. The second-order valence-electron chi connectivity index (χ2n) is 4.36. The molecule has 96 valence electrons. The highest BCUT2D eigenvalue weighted by Gasteiger charge is 2.10. The summed E-state index contributed by atoms with van der Waals surface area (Å²) >= 11 is 5.51. The maximum absolute atomic E-state index is 5.71. The van der Waals surface area contributed by atoms with Gasteiger partial charge in [0.05, 0.1) is 5.88 Å². The molecular formula is C15H18ClNO. The van der Waals surface area contributed by atoms with Crippen LogP contribution in [0, 0.1) is 11.8 Å². The van der Waals surface area contributed by atoms with Gasteiger partial charge in [0, 0.05) is 12.1 Å². The molecule has 1 saturated heterocycles. The third-order valence-electron chi connectivity index (χ3n) is 3.03. The number of benzene rings is 1. The Labute approximate surface area is 114 Å². The van der Waals surface area contributed by atoms with Crippen LogP contribution in [0.3, 0.4) is 0 Å². The van der Waals surface area contributed by atoms with Gasteiger partial charge in [-0.1, -0.05) is 11.8 Å². The van der Waals surface area contributed by atoms with Crippen molar-refractivity contribution in [3.05, 3.63) is 29.8 Å². The lowest BCUT2D eigenvalue weighted by Crippen LogP contribution is -2.25. The third-order valence-corrected chi connectivity index (χ3v) is 3.16. The largest absolute Gasteiger partial charge is 0.492 e. The molecule has 0 spiro atoms. The van der Waals surface area contributed by atoms with Gasteiger partial charge in [-0.25, -0.2) is 0 Å². The first-order chi connectivity index (χ1) is 8.88. The minimum Gasteiger partial charge on any atom is -0.492 e. The molecule has 1 heterocycles. The summed E-state index contributed by atoms with van der Waals surface area (Å²) in [6, 6.07) is 7.85. The predicted octanol–water partition coefficient (Wildman–Crippen LogP) is 2.75. The lowest BCUT2D eigenvalue weighted by molar-refractivity contribution is 0.238. The first kappa shape index (κ1) is 13.3. The number of hydrogen-bond acceptors (Lipinski definition) is 2. The van der Waals surface area contributed by atoms with Gasteiger partial charge in [0.25, 0.3) is 0 Å². The monoisotopic (exact) mass is 263 g/mol. The van der Waals surface area contributed by atoms with Crippen LogP contribution in [0.5, 0.6) is 5.75 Å². The van der Waals surface area contributed by atoms with E-state index in [4.69, 9.17) is 16.3 Å². The predicted molar refractivity (Wildman–Crippen MR) is 75.2 cm³/mol. The quantitative estimate of drug-likeness (QED) is 0.612. The van der Waals surface area contributed by atoms with Crippen molar-refractivity contribution in [2.75, 3.05) is 32.1 Å². The molecule has 1 aromatic carbocycles. The molecule has 0 atom stereocenters. The molecule has 0 saturated carbocycles. The second kappa shape index (κ2) is 7.31. The summed E-state index contributed by atoms with van der Waals surface area (Å²) in [4.78, 5) is 2.44. The van der Waals surface area contributed by atoms with Crippen LogP contribution in [-0.4, -0.2) is 37.0 Å². The molecule has 1 aromatic rings. The molecule has 0 aliphatic carbocycles. The van der Waals surface area contributed by atoms with Crippen LogP contribution >= 0.6 is 11.6 Å². The lowest BCUT2D eigenvalue weighted by Gasteiger charge is -2.14. The van der Waals surface area contributed by atoms with E-state index >= 15 is 0 Å². The van der Waals surface area contributed by atoms with Crippen molar-refractivity contribution in [1.82, 2.24) is 4.90 Å². The van der Waals surface area contributed by atoms with Gasteiger partial charge in [-0.2, -0.15) is 0 Å². The standard InChI is InChI=1S/C15H18ClNO/c16-9-3-4-14-5-7-15(8-6-14)18-13-12-17-10-1-2-11-17/h5-8H,1-2,9-13H2. The highest BCUT2D eigenvalue weighted by atomic mass is 35.5. The summed E-state index contributed by atoms with van der Waals surface area (Å²) in [6.45, 7) is 4.22. The van der Waals surface area contributed by atoms with Crippen molar-refractivity contribution >= 4 is 11.6 Å². The highest BCUT2D eigenvalue weighted by molar-refractivity contribution is 6.19. The summed E-state index contributed by atoms with van der Waals surface area (Å²) in [7, 11) is 0. The highest BCUT2D eigenvalue weighted by Crippen LogP contribution is 2.12. The molecule has 0 N–H and O–H groups in total. The fraction of sp³-hybridized carbons (Fsp3) is 0.467. The van der Waals surface area contributed by atoms with Gasteiger partial charge >= 0.3 is 0 Å². The van der Waals surface area contributed by atoms with Crippen molar-refractivity contribution in [1.29, 1.82) is 0 Å². The molecule has 2 nitrogen and oxygen atoms in total. The molecule has 1 aliphatic heterocycles. The van der Waals surface area contributed by atoms with Crippen LogP contribution in [0.4, 0.5) is 0 Å². The first-order valence-electron chi connectivity index (χ1n) is 6.38. The second-order valence-corrected chi connectivity index (χ2v) is 4.62. The topological polar surface area (TPSA) is 12.5 Å². The van der Waals surface area contributed by atoms with Gasteiger partial charge in [-0.15, -0.1) is 11.6 Å². The maximum Gasteiger partial charge on any atom is 0.119 e. The number of halogens is 1. The van der Waals surface area contributed by atoms with E-state index in [1.165, 1.54) is 25.9 Å². The molecule has 1 aliphatic rings. The Morgan fingerprint density at radius 2 is 1.89 bits per heavy atom. The smallest absolute Gasteiger partial charge is 0.119 e. The zero-order valence-corrected chi connectivity index (χ0v) is 11.2. The van der Waals surface area contributed by atoms with Gasteiger partial charge in [-0.05, 0) is 50.2 Å². The minimum atomic E-state index is 0.369. The van der Waals surface area contributed by atoms with Crippen molar-refractivity contribution < 1.29 is 4.74 Å². The number of alkyl halides is 1. The van der Waals surface area contributed by atoms with Crippen LogP contribution in [0.25, 0.3) is 0 Å². The molecule has 0 unspecified atom stereocenters. The van der Waals surface area contributed by atoms with E-state index < -0.39 is 0 Å². The van der Waals surface area contributed by atoms with E-state index in [0.717, 1.165) is 24.5 Å². The van der Waals surface area contributed by atoms with Gasteiger partial charge < -0.3 is 4.74 Å². The molecule has 0 amide bonds. The van der Waals surface area contributed by atoms with Crippen LogP contribution in [-0.2, 0) is 0 Å². The fourth-order valence-corrected chi connectivity index (χ4v) is 2.14. The van der Waals surface area contributed by atoms with E-state index in [1.54, 1.807) is 0 Å². The summed E-state index contributed by atoms with van der Waals surface area (Å²) in [5.74, 6) is 7.09. The van der Waals surface area contributed by atoms with Crippen molar-refractivity contribution in [2.24, 2.45) is 0 Å². The van der Waals surface area contributed by atoms with E-state index in [0.29, 0.717) is 5.88 Å². The molecule has 0 radical (unpaired) electrons. The zero-order valence-electron chi connectivity index (χ0n) is 10.5. The normalized spacial score (nSPS) is 15.2. The number of ether oxygens (including phenoxy) is 1. The number of hydrogen-bond donors (Lipinski definition) is 0. The van der Waals surface area contributed by atoms with Crippen molar-refractivity contribution in [3.63, 3.8) is 0 Å². The molecule has 1 fully saturated rings. The van der Waals surface area contributed by atoms with E-state index in [1.807, 2.05) is 24.3 Å². The maximum atomic E-state index is 5.71. The molecule has 3 heteroatoms. The number of rotatable bonds is 4.